The van der Waals surface area contributed by atoms with Crippen molar-refractivity contribution in [3.05, 3.63) is 158 Å². The van der Waals surface area contributed by atoms with Crippen LogP contribution in [-0.2, 0) is 0 Å². The Kier molecular flexibility index (Phi) is 4.61. The molecule has 46 heavy (non-hydrogen) atoms. The summed E-state index contributed by atoms with van der Waals surface area (Å²) in [5, 5.41) is 10.3. The summed E-state index contributed by atoms with van der Waals surface area (Å²) in [7, 11) is 0. The van der Waals surface area contributed by atoms with E-state index in [1.807, 2.05) is 0 Å². The Morgan fingerprint density at radius 3 is 1.83 bits per heavy atom. The fraction of sp³-hybridized carbons (Fsp3) is 0. The van der Waals surface area contributed by atoms with Gasteiger partial charge in [0.1, 0.15) is 0 Å². The monoisotopic (exact) mass is 582 g/mol. The third kappa shape index (κ3) is 2.96. The summed E-state index contributed by atoms with van der Waals surface area (Å²) in [5.74, 6) is 0. The van der Waals surface area contributed by atoms with Crippen LogP contribution in [0.25, 0.3) is 98.8 Å². The molecule has 0 N–H and O–H groups in total. The average molecular weight is 583 g/mol. The zero-order chi connectivity index (χ0) is 29.9. The van der Waals surface area contributed by atoms with Gasteiger partial charge in [-0.1, -0.05) is 121 Å². The number of hydrogen-bond donors (Lipinski definition) is 0. The Bertz CT molecular complexity index is 2870. The van der Waals surface area contributed by atoms with Crippen molar-refractivity contribution < 1.29 is 0 Å². The SMILES string of the molecule is c1ccc(-n2c3ccccc3c3ccc4c(c5c6ccccc6ccc5n4-c4ccc5c6c(cccc46)-c4ccccc4-5)c32)cc1. The van der Waals surface area contributed by atoms with Crippen molar-refractivity contribution in [3.8, 4) is 33.6 Å². The molecule has 2 aromatic heterocycles. The molecule has 2 heteroatoms. The van der Waals surface area contributed by atoms with Gasteiger partial charge in [0.15, 0.2) is 0 Å². The second-order valence-corrected chi connectivity index (χ2v) is 12.5. The molecule has 11 rings (SSSR count). The van der Waals surface area contributed by atoms with Gasteiger partial charge in [-0.05, 0) is 74.8 Å². The molecular formula is C44H26N2. The molecule has 0 unspecified atom stereocenters. The van der Waals surface area contributed by atoms with Gasteiger partial charge < -0.3 is 9.13 Å². The van der Waals surface area contributed by atoms with Crippen molar-refractivity contribution >= 4 is 65.2 Å². The molecule has 0 radical (unpaired) electrons. The van der Waals surface area contributed by atoms with Crippen LogP contribution in [0.15, 0.2) is 158 Å². The highest BCUT2D eigenvalue weighted by Gasteiger charge is 2.26. The molecule has 1 aliphatic rings. The van der Waals surface area contributed by atoms with E-state index >= 15 is 0 Å². The summed E-state index contributed by atoms with van der Waals surface area (Å²) in [4.78, 5) is 0. The van der Waals surface area contributed by atoms with Gasteiger partial charge in [-0.3, -0.25) is 0 Å². The maximum atomic E-state index is 2.52. The largest absolute Gasteiger partial charge is 0.309 e. The number of fused-ring (bicyclic) bond motifs is 12. The van der Waals surface area contributed by atoms with E-state index in [4.69, 9.17) is 0 Å². The topological polar surface area (TPSA) is 9.86 Å². The van der Waals surface area contributed by atoms with E-state index in [1.54, 1.807) is 0 Å². The minimum Gasteiger partial charge on any atom is -0.309 e. The Balaban J connectivity index is 1.38. The number of aromatic nitrogens is 2. The first-order chi connectivity index (χ1) is 22.9. The van der Waals surface area contributed by atoms with Crippen LogP contribution in [0.4, 0.5) is 0 Å². The van der Waals surface area contributed by atoms with E-state index in [9.17, 15) is 0 Å². The highest BCUT2D eigenvalue weighted by molar-refractivity contribution is 6.31. The molecule has 0 saturated heterocycles. The molecule has 0 aliphatic heterocycles. The predicted molar refractivity (Wildman–Crippen MR) is 195 cm³/mol. The number of para-hydroxylation sites is 2. The summed E-state index contributed by atoms with van der Waals surface area (Å²) in [6, 6.07) is 58.1. The van der Waals surface area contributed by atoms with Gasteiger partial charge in [0.25, 0.3) is 0 Å². The van der Waals surface area contributed by atoms with Gasteiger partial charge in [0.2, 0.25) is 0 Å². The molecule has 0 amide bonds. The van der Waals surface area contributed by atoms with Crippen molar-refractivity contribution in [1.29, 1.82) is 0 Å². The first-order valence-electron chi connectivity index (χ1n) is 16.0. The second-order valence-electron chi connectivity index (χ2n) is 12.5. The van der Waals surface area contributed by atoms with E-state index < -0.39 is 0 Å². The molecule has 8 aromatic carbocycles. The Morgan fingerprint density at radius 1 is 0.304 bits per heavy atom. The van der Waals surface area contributed by atoms with E-state index in [0.29, 0.717) is 0 Å². The van der Waals surface area contributed by atoms with Crippen LogP contribution in [0.2, 0.25) is 0 Å². The highest BCUT2D eigenvalue weighted by Crippen LogP contribution is 2.50. The minimum atomic E-state index is 1.17. The summed E-state index contributed by atoms with van der Waals surface area (Å²) in [6.07, 6.45) is 0. The molecule has 0 fully saturated rings. The first kappa shape index (κ1) is 24.2. The van der Waals surface area contributed by atoms with Gasteiger partial charge in [0, 0.05) is 32.6 Å². The number of hydrogen-bond acceptors (Lipinski definition) is 0. The van der Waals surface area contributed by atoms with Crippen LogP contribution in [0.1, 0.15) is 0 Å². The highest BCUT2D eigenvalue weighted by atomic mass is 15.0. The van der Waals surface area contributed by atoms with Gasteiger partial charge in [-0.15, -0.1) is 0 Å². The predicted octanol–water partition coefficient (Wildman–Crippen LogP) is 11.8. The first-order valence-corrected chi connectivity index (χ1v) is 16.0. The van der Waals surface area contributed by atoms with E-state index in [-0.39, 0.29) is 0 Å². The van der Waals surface area contributed by atoms with Crippen molar-refractivity contribution in [2.24, 2.45) is 0 Å². The molecule has 0 bridgehead atoms. The van der Waals surface area contributed by atoms with Crippen LogP contribution in [-0.4, -0.2) is 9.13 Å². The van der Waals surface area contributed by atoms with Crippen LogP contribution in [0.3, 0.4) is 0 Å². The molecule has 0 atom stereocenters. The van der Waals surface area contributed by atoms with Crippen LogP contribution < -0.4 is 0 Å². The lowest BCUT2D eigenvalue weighted by Gasteiger charge is -2.14. The Morgan fingerprint density at radius 2 is 0.957 bits per heavy atom. The molecule has 10 aromatic rings. The lowest BCUT2D eigenvalue weighted by atomic mass is 10.0. The fourth-order valence-corrected chi connectivity index (χ4v) is 8.41. The quantitative estimate of drug-likeness (QED) is 0.192. The standard InChI is InChI=1S/C44H26N2/c1-2-12-28(13-3-1)45-37-20-9-8-17-32(37)35-23-26-40-43(44(35)45)42-29-14-5-4-11-27(29)21-24-39(42)46(40)38-25-22-34-31-16-7-6-15-30(31)33-18-10-19-36(38)41(33)34/h1-26H. The Hall–Kier alpha value is -6.12. The van der Waals surface area contributed by atoms with Gasteiger partial charge in [0.05, 0.1) is 27.8 Å². The maximum absolute atomic E-state index is 2.52. The zero-order valence-electron chi connectivity index (χ0n) is 24.9. The smallest absolute Gasteiger partial charge is 0.0641 e. The van der Waals surface area contributed by atoms with E-state index in [2.05, 4.69) is 167 Å². The molecule has 1 aliphatic carbocycles. The molecule has 212 valence electrons. The van der Waals surface area contributed by atoms with Gasteiger partial charge in [-0.25, -0.2) is 0 Å². The molecule has 0 saturated carbocycles. The number of nitrogens with zero attached hydrogens (tertiary/aromatic N) is 2. The van der Waals surface area contributed by atoms with Crippen LogP contribution in [0.5, 0.6) is 0 Å². The summed E-state index contributed by atoms with van der Waals surface area (Å²) in [6.45, 7) is 0. The minimum absolute atomic E-state index is 1.17. The van der Waals surface area contributed by atoms with E-state index in [0.717, 1.165) is 0 Å². The van der Waals surface area contributed by atoms with E-state index in [1.165, 1.54) is 98.8 Å². The van der Waals surface area contributed by atoms with Crippen molar-refractivity contribution in [2.45, 2.75) is 0 Å². The summed E-state index contributed by atoms with van der Waals surface area (Å²) < 4.78 is 5.00. The summed E-state index contributed by atoms with van der Waals surface area (Å²) >= 11 is 0. The number of rotatable bonds is 2. The molecule has 2 heterocycles. The normalized spacial score (nSPS) is 12.3. The maximum Gasteiger partial charge on any atom is 0.0641 e. The zero-order valence-corrected chi connectivity index (χ0v) is 24.9. The van der Waals surface area contributed by atoms with Crippen molar-refractivity contribution in [3.63, 3.8) is 0 Å². The molecule has 2 nitrogen and oxygen atoms in total. The van der Waals surface area contributed by atoms with Crippen LogP contribution >= 0.6 is 0 Å². The molecule has 0 spiro atoms. The van der Waals surface area contributed by atoms with Gasteiger partial charge in [-0.2, -0.15) is 0 Å². The van der Waals surface area contributed by atoms with Crippen molar-refractivity contribution in [1.82, 2.24) is 9.13 Å². The lowest BCUT2D eigenvalue weighted by Crippen LogP contribution is -1.96. The summed E-state index contributed by atoms with van der Waals surface area (Å²) in [5.41, 5.74) is 12.6. The lowest BCUT2D eigenvalue weighted by molar-refractivity contribution is 1.18. The van der Waals surface area contributed by atoms with Crippen LogP contribution in [0, 0.1) is 0 Å². The second kappa shape index (κ2) is 8.74. The molecular weight excluding hydrogens is 556 g/mol. The third-order valence-corrected chi connectivity index (χ3v) is 10.2. The Labute approximate surface area is 265 Å². The van der Waals surface area contributed by atoms with Gasteiger partial charge >= 0.3 is 0 Å². The number of benzene rings is 8. The van der Waals surface area contributed by atoms with Crippen molar-refractivity contribution in [2.75, 3.05) is 0 Å². The third-order valence-electron chi connectivity index (χ3n) is 10.2. The fourth-order valence-electron chi connectivity index (χ4n) is 8.41. The average Bonchev–Trinajstić information content (AvgIpc) is 3.76.